The fourth-order valence-electron chi connectivity index (χ4n) is 2.53. The molecule has 1 N–H and O–H groups in total. The first-order valence-electron chi connectivity index (χ1n) is 6.33. The quantitative estimate of drug-likeness (QED) is 0.542. The molecule has 0 unspecified atom stereocenters. The molecular weight excluding hydrogens is 272 g/mol. The van der Waals surface area contributed by atoms with Crippen molar-refractivity contribution in [1.29, 1.82) is 0 Å². The normalized spacial score (nSPS) is 11.5. The molecule has 21 heavy (non-hydrogen) atoms. The molecule has 0 atom stereocenters. The third-order valence-corrected chi connectivity index (χ3v) is 3.51. The Morgan fingerprint density at radius 3 is 2.57 bits per heavy atom. The third kappa shape index (κ3) is 1.61. The summed E-state index contributed by atoms with van der Waals surface area (Å²) >= 11 is 0. The largest absolute Gasteiger partial charge is 0.508 e. The van der Waals surface area contributed by atoms with Crippen molar-refractivity contribution in [2.24, 2.45) is 0 Å². The van der Waals surface area contributed by atoms with Gasteiger partial charge in [0.05, 0.1) is 12.5 Å². The second-order valence-corrected chi connectivity index (χ2v) is 4.74. The van der Waals surface area contributed by atoms with Crippen molar-refractivity contribution >= 4 is 32.9 Å². The summed E-state index contributed by atoms with van der Waals surface area (Å²) in [6, 6.07) is 9.82. The molecule has 104 valence electrons. The number of rotatable bonds is 1. The number of fused-ring (bicyclic) bond motifs is 5. The van der Waals surface area contributed by atoms with E-state index in [9.17, 15) is 9.90 Å². The monoisotopic (exact) mass is 282 g/mol. The summed E-state index contributed by atoms with van der Waals surface area (Å²) in [4.78, 5) is 12.2. The van der Waals surface area contributed by atoms with Crippen LogP contribution in [0.25, 0.3) is 32.9 Å². The van der Waals surface area contributed by atoms with E-state index in [1.165, 1.54) is 12.1 Å². The van der Waals surface area contributed by atoms with Crippen molar-refractivity contribution in [2.75, 3.05) is 7.11 Å². The number of methoxy groups -OCH3 is 1. The van der Waals surface area contributed by atoms with Crippen LogP contribution in [-0.4, -0.2) is 12.2 Å². The number of ether oxygens (including phenoxy) is 1. The molecule has 0 aliphatic carbocycles. The Morgan fingerprint density at radius 2 is 1.76 bits per heavy atom. The van der Waals surface area contributed by atoms with Gasteiger partial charge in [-0.05, 0) is 24.3 Å². The van der Waals surface area contributed by atoms with E-state index in [2.05, 4.69) is 0 Å². The minimum absolute atomic E-state index is 0.0805. The van der Waals surface area contributed by atoms with Crippen molar-refractivity contribution in [1.82, 2.24) is 0 Å². The lowest BCUT2D eigenvalue weighted by Crippen LogP contribution is -1.98. The number of phenolic OH excluding ortho intramolecular Hbond substituents is 1. The first kappa shape index (κ1) is 11.8. The third-order valence-electron chi connectivity index (χ3n) is 3.51. The van der Waals surface area contributed by atoms with Gasteiger partial charge >= 0.3 is 5.63 Å². The van der Waals surface area contributed by atoms with Gasteiger partial charge in [0.15, 0.2) is 5.58 Å². The summed E-state index contributed by atoms with van der Waals surface area (Å²) in [6.45, 7) is 0. The van der Waals surface area contributed by atoms with Gasteiger partial charge < -0.3 is 18.7 Å². The topological polar surface area (TPSA) is 72.8 Å². The molecule has 4 rings (SSSR count). The fourth-order valence-corrected chi connectivity index (χ4v) is 2.53. The molecule has 5 nitrogen and oxygen atoms in total. The predicted octanol–water partition coefficient (Wildman–Crippen LogP) is 3.41. The van der Waals surface area contributed by atoms with Crippen molar-refractivity contribution in [2.45, 2.75) is 0 Å². The summed E-state index contributed by atoms with van der Waals surface area (Å²) in [5, 5.41) is 11.2. The van der Waals surface area contributed by atoms with Crippen LogP contribution in [0.4, 0.5) is 0 Å². The van der Waals surface area contributed by atoms with E-state index in [4.69, 9.17) is 13.6 Å². The molecule has 2 heterocycles. The second kappa shape index (κ2) is 4.02. The van der Waals surface area contributed by atoms with Gasteiger partial charge in [-0.25, -0.2) is 4.79 Å². The highest BCUT2D eigenvalue weighted by atomic mass is 16.5. The zero-order chi connectivity index (χ0) is 14.6. The van der Waals surface area contributed by atoms with E-state index >= 15 is 0 Å². The van der Waals surface area contributed by atoms with Gasteiger partial charge in [-0.15, -0.1) is 0 Å². The van der Waals surface area contributed by atoms with Gasteiger partial charge in [-0.3, -0.25) is 0 Å². The summed E-state index contributed by atoms with van der Waals surface area (Å²) in [5.74, 6) is 0.677. The summed E-state index contributed by atoms with van der Waals surface area (Å²) in [7, 11) is 1.54. The molecule has 4 aromatic rings. The van der Waals surface area contributed by atoms with E-state index in [0.717, 1.165) is 0 Å². The minimum Gasteiger partial charge on any atom is -0.508 e. The smallest absolute Gasteiger partial charge is 0.348 e. The lowest BCUT2D eigenvalue weighted by atomic mass is 10.1. The Hall–Kier alpha value is -2.95. The van der Waals surface area contributed by atoms with E-state index in [0.29, 0.717) is 38.7 Å². The van der Waals surface area contributed by atoms with Gasteiger partial charge in [0, 0.05) is 17.5 Å². The van der Waals surface area contributed by atoms with Crippen molar-refractivity contribution < 1.29 is 18.7 Å². The molecule has 5 heteroatoms. The molecule has 0 aliphatic rings. The van der Waals surface area contributed by atoms with E-state index in [1.807, 2.05) is 0 Å². The number of hydrogen-bond acceptors (Lipinski definition) is 5. The van der Waals surface area contributed by atoms with Crippen LogP contribution >= 0.6 is 0 Å². The molecule has 0 saturated heterocycles. The highest BCUT2D eigenvalue weighted by Gasteiger charge is 2.16. The minimum atomic E-state index is -0.477. The second-order valence-electron chi connectivity index (χ2n) is 4.74. The highest BCUT2D eigenvalue weighted by Crippen LogP contribution is 2.34. The maximum Gasteiger partial charge on any atom is 0.348 e. The van der Waals surface area contributed by atoms with Crippen LogP contribution in [0.5, 0.6) is 11.5 Å². The van der Waals surface area contributed by atoms with Gasteiger partial charge in [0.25, 0.3) is 0 Å². The van der Waals surface area contributed by atoms with Gasteiger partial charge in [0.2, 0.25) is 0 Å². The average Bonchev–Trinajstić information content (AvgIpc) is 2.85. The Kier molecular flexibility index (Phi) is 2.27. The van der Waals surface area contributed by atoms with Crippen LogP contribution in [0.2, 0.25) is 0 Å². The molecule has 0 amide bonds. The average molecular weight is 282 g/mol. The van der Waals surface area contributed by atoms with Crippen molar-refractivity contribution in [3.63, 3.8) is 0 Å². The lowest BCUT2D eigenvalue weighted by molar-refractivity contribution is 0.414. The van der Waals surface area contributed by atoms with Gasteiger partial charge in [-0.1, -0.05) is 0 Å². The molecule has 0 spiro atoms. The van der Waals surface area contributed by atoms with Crippen LogP contribution in [0.1, 0.15) is 0 Å². The molecule has 2 aromatic carbocycles. The maximum absolute atomic E-state index is 12.2. The molecule has 0 bridgehead atoms. The molecule has 0 radical (unpaired) electrons. The predicted molar refractivity (Wildman–Crippen MR) is 78.0 cm³/mol. The zero-order valence-corrected chi connectivity index (χ0v) is 11.0. The van der Waals surface area contributed by atoms with Crippen LogP contribution in [0.15, 0.2) is 50.0 Å². The Bertz CT molecular complexity index is 1060. The molecule has 2 aromatic heterocycles. The van der Waals surface area contributed by atoms with Crippen molar-refractivity contribution in [3.8, 4) is 11.5 Å². The molecule has 0 saturated carbocycles. The Balaban J connectivity index is 2.24. The highest BCUT2D eigenvalue weighted by molar-refractivity contribution is 6.13. The Morgan fingerprint density at radius 1 is 1.00 bits per heavy atom. The number of aromatic hydroxyl groups is 1. The maximum atomic E-state index is 12.2. The number of furan rings is 1. The van der Waals surface area contributed by atoms with Crippen LogP contribution in [0, 0.1) is 0 Å². The van der Waals surface area contributed by atoms with E-state index < -0.39 is 5.63 Å². The van der Waals surface area contributed by atoms with Crippen LogP contribution in [-0.2, 0) is 0 Å². The SMILES string of the molecule is COc1ccc2c(c1)oc(=O)c1c3ccc(O)cc3oc21. The van der Waals surface area contributed by atoms with E-state index in [-0.39, 0.29) is 5.75 Å². The summed E-state index contributed by atoms with van der Waals surface area (Å²) < 4.78 is 16.2. The number of phenols is 1. The number of hydrogen-bond donors (Lipinski definition) is 1. The molecule has 0 fully saturated rings. The Labute approximate surface area is 118 Å². The molecular formula is C16H10O5. The summed E-state index contributed by atoms with van der Waals surface area (Å²) in [5.41, 5.74) is 0.815. The summed E-state index contributed by atoms with van der Waals surface area (Å²) in [6.07, 6.45) is 0. The van der Waals surface area contributed by atoms with Crippen molar-refractivity contribution in [3.05, 3.63) is 46.8 Å². The van der Waals surface area contributed by atoms with Gasteiger partial charge in [-0.2, -0.15) is 0 Å². The first-order valence-corrected chi connectivity index (χ1v) is 6.33. The van der Waals surface area contributed by atoms with Gasteiger partial charge in [0.1, 0.15) is 28.1 Å². The van der Waals surface area contributed by atoms with Crippen LogP contribution < -0.4 is 10.4 Å². The number of benzene rings is 2. The van der Waals surface area contributed by atoms with Crippen LogP contribution in [0.3, 0.4) is 0 Å². The zero-order valence-electron chi connectivity index (χ0n) is 11.0. The first-order chi connectivity index (χ1) is 10.2. The lowest BCUT2D eigenvalue weighted by Gasteiger charge is -2.01. The fraction of sp³-hybridized carbons (Fsp3) is 0.0625. The standard InChI is InChI=1S/C16H10O5/c1-19-9-3-5-11-13(7-9)21-16(18)14-10-4-2-8(17)6-12(10)20-15(11)14/h2-7,17H,1H3. The molecule has 0 aliphatic heterocycles. The van der Waals surface area contributed by atoms with E-state index in [1.54, 1.807) is 31.4 Å².